The number of alkyl halides is 3. The molecule has 1 aromatic carbocycles. The Morgan fingerprint density at radius 2 is 1.75 bits per heavy atom. The minimum Gasteiger partial charge on any atom is -0.382 e. The molecule has 0 bridgehead atoms. The molecule has 0 amide bonds. The SMILES string of the molecule is Nc1n[nH]c2nc(Nc3cc(F)c(F)c(C(F)(F)F)c3)c(F)cc12. The number of aromatic amines is 1. The number of halogens is 6. The molecule has 11 heteroatoms. The second kappa shape index (κ2) is 5.28. The van der Waals surface area contributed by atoms with E-state index >= 15 is 0 Å². The summed E-state index contributed by atoms with van der Waals surface area (Å²) < 4.78 is 78.7. The van der Waals surface area contributed by atoms with Crippen molar-refractivity contribution < 1.29 is 26.3 Å². The highest BCUT2D eigenvalue weighted by Crippen LogP contribution is 2.35. The zero-order chi connectivity index (χ0) is 17.6. The van der Waals surface area contributed by atoms with E-state index in [1.54, 1.807) is 0 Å². The van der Waals surface area contributed by atoms with Crippen LogP contribution in [0.3, 0.4) is 0 Å². The number of anilines is 3. The van der Waals surface area contributed by atoms with Gasteiger partial charge in [-0.1, -0.05) is 0 Å². The number of benzene rings is 1. The molecule has 5 nitrogen and oxygen atoms in total. The van der Waals surface area contributed by atoms with E-state index < -0.39 is 40.7 Å². The first-order valence-corrected chi connectivity index (χ1v) is 6.30. The lowest BCUT2D eigenvalue weighted by Crippen LogP contribution is -2.11. The molecule has 24 heavy (non-hydrogen) atoms. The van der Waals surface area contributed by atoms with E-state index in [-0.39, 0.29) is 16.9 Å². The number of nitrogens with two attached hydrogens (primary N) is 1. The number of pyridine rings is 1. The van der Waals surface area contributed by atoms with Crippen LogP contribution in [0.5, 0.6) is 0 Å². The van der Waals surface area contributed by atoms with Gasteiger partial charge in [0.25, 0.3) is 0 Å². The monoisotopic (exact) mass is 347 g/mol. The van der Waals surface area contributed by atoms with Crippen LogP contribution in [-0.4, -0.2) is 15.2 Å². The summed E-state index contributed by atoms with van der Waals surface area (Å²) in [5.74, 6) is -5.27. The molecule has 0 atom stereocenters. The number of hydrogen-bond donors (Lipinski definition) is 3. The first kappa shape index (κ1) is 15.9. The highest BCUT2D eigenvalue weighted by atomic mass is 19.4. The Bertz CT molecular complexity index is 933. The lowest BCUT2D eigenvalue weighted by Gasteiger charge is -2.12. The van der Waals surface area contributed by atoms with Crippen molar-refractivity contribution in [3.8, 4) is 0 Å². The molecular weight excluding hydrogens is 340 g/mol. The number of aromatic nitrogens is 3. The summed E-state index contributed by atoms with van der Waals surface area (Å²) in [5.41, 5.74) is 3.18. The predicted molar refractivity (Wildman–Crippen MR) is 72.9 cm³/mol. The number of nitrogens with one attached hydrogen (secondary N) is 2. The number of rotatable bonds is 2. The summed E-state index contributed by atoms with van der Waals surface area (Å²) in [5, 5.41) is 8.32. The zero-order valence-electron chi connectivity index (χ0n) is 11.5. The summed E-state index contributed by atoms with van der Waals surface area (Å²) in [6, 6.07) is 1.72. The predicted octanol–water partition coefficient (Wildman–Crippen LogP) is 3.72. The van der Waals surface area contributed by atoms with Crippen LogP contribution in [0, 0.1) is 17.5 Å². The quantitative estimate of drug-likeness (QED) is 0.618. The van der Waals surface area contributed by atoms with E-state index in [0.717, 1.165) is 6.07 Å². The van der Waals surface area contributed by atoms with Gasteiger partial charge >= 0.3 is 6.18 Å². The molecule has 3 aromatic rings. The lowest BCUT2D eigenvalue weighted by molar-refractivity contribution is -0.140. The number of H-pyrrole nitrogens is 1. The molecule has 0 aliphatic carbocycles. The first-order valence-electron chi connectivity index (χ1n) is 6.30. The summed E-state index contributed by atoms with van der Waals surface area (Å²) in [4.78, 5) is 3.75. The van der Waals surface area contributed by atoms with Gasteiger partial charge in [0.1, 0.15) is 0 Å². The molecule has 0 saturated heterocycles. The smallest absolute Gasteiger partial charge is 0.382 e. The van der Waals surface area contributed by atoms with E-state index in [1.165, 1.54) is 0 Å². The van der Waals surface area contributed by atoms with Gasteiger partial charge in [-0.05, 0) is 12.1 Å². The molecule has 4 N–H and O–H groups in total. The fourth-order valence-corrected chi connectivity index (χ4v) is 2.03. The van der Waals surface area contributed by atoms with Crippen LogP contribution in [0.4, 0.5) is 43.7 Å². The Hall–Kier alpha value is -2.98. The maximum atomic E-state index is 14.0. The van der Waals surface area contributed by atoms with E-state index in [4.69, 9.17) is 5.73 Å². The molecule has 0 radical (unpaired) electrons. The molecule has 0 spiro atoms. The number of nitrogen functional groups attached to an aromatic ring is 1. The van der Waals surface area contributed by atoms with Crippen molar-refractivity contribution in [1.29, 1.82) is 0 Å². The van der Waals surface area contributed by atoms with Gasteiger partial charge in [0, 0.05) is 11.8 Å². The lowest BCUT2D eigenvalue weighted by atomic mass is 10.1. The molecule has 0 aliphatic rings. The molecule has 0 saturated carbocycles. The Morgan fingerprint density at radius 3 is 2.42 bits per heavy atom. The molecule has 126 valence electrons. The minimum absolute atomic E-state index is 0.0184. The van der Waals surface area contributed by atoms with E-state index in [9.17, 15) is 26.3 Å². The third-order valence-electron chi connectivity index (χ3n) is 3.13. The van der Waals surface area contributed by atoms with Crippen molar-refractivity contribution in [2.75, 3.05) is 11.1 Å². The average Bonchev–Trinajstić information content (AvgIpc) is 2.83. The van der Waals surface area contributed by atoms with Crippen molar-refractivity contribution in [2.45, 2.75) is 6.18 Å². The highest BCUT2D eigenvalue weighted by molar-refractivity contribution is 5.87. The van der Waals surface area contributed by atoms with Crippen molar-refractivity contribution in [3.63, 3.8) is 0 Å². The highest BCUT2D eigenvalue weighted by Gasteiger charge is 2.36. The van der Waals surface area contributed by atoms with Crippen LogP contribution < -0.4 is 11.1 Å². The summed E-state index contributed by atoms with van der Waals surface area (Å²) in [6.45, 7) is 0. The van der Waals surface area contributed by atoms with Crippen LogP contribution in [0.2, 0.25) is 0 Å². The van der Waals surface area contributed by atoms with Crippen LogP contribution >= 0.6 is 0 Å². The molecule has 3 rings (SSSR count). The van der Waals surface area contributed by atoms with Gasteiger partial charge < -0.3 is 11.1 Å². The Labute approximate surface area is 129 Å². The molecule has 0 fully saturated rings. The zero-order valence-corrected chi connectivity index (χ0v) is 11.5. The average molecular weight is 347 g/mol. The van der Waals surface area contributed by atoms with Crippen LogP contribution in [-0.2, 0) is 6.18 Å². The van der Waals surface area contributed by atoms with E-state index in [2.05, 4.69) is 20.5 Å². The summed E-state index contributed by atoms with van der Waals surface area (Å²) >= 11 is 0. The summed E-state index contributed by atoms with van der Waals surface area (Å²) in [6.07, 6.45) is -5.11. The van der Waals surface area contributed by atoms with Gasteiger partial charge in [0.15, 0.2) is 34.7 Å². The topological polar surface area (TPSA) is 79.6 Å². The van der Waals surface area contributed by atoms with Crippen molar-refractivity contribution >= 4 is 28.4 Å². The van der Waals surface area contributed by atoms with Gasteiger partial charge in [-0.3, -0.25) is 5.10 Å². The number of fused-ring (bicyclic) bond motifs is 1. The van der Waals surface area contributed by atoms with Crippen LogP contribution in [0.1, 0.15) is 5.56 Å². The second-order valence-corrected chi connectivity index (χ2v) is 4.77. The fraction of sp³-hybridized carbons (Fsp3) is 0.0769. The van der Waals surface area contributed by atoms with Gasteiger partial charge in [-0.15, -0.1) is 0 Å². The van der Waals surface area contributed by atoms with Crippen molar-refractivity contribution in [3.05, 3.63) is 41.2 Å². The molecular formula is C13H7F6N5. The minimum atomic E-state index is -5.11. The van der Waals surface area contributed by atoms with E-state index in [0.29, 0.717) is 12.1 Å². The maximum Gasteiger partial charge on any atom is 0.419 e. The Kier molecular flexibility index (Phi) is 3.50. The maximum absolute atomic E-state index is 14.0. The molecule has 2 heterocycles. The van der Waals surface area contributed by atoms with Gasteiger partial charge in [0.05, 0.1) is 10.9 Å². The standard InChI is InChI=1S/C13H7F6N5/c14-7-2-4(1-6(9(7)16)13(17,18)19)21-12-8(15)3-5-10(20)23-24-11(5)22-12/h1-3H,(H4,20,21,22,23,24). The summed E-state index contributed by atoms with van der Waals surface area (Å²) in [7, 11) is 0. The Balaban J connectivity index is 2.05. The molecule has 0 aliphatic heterocycles. The number of nitrogens with zero attached hydrogens (tertiary/aromatic N) is 2. The second-order valence-electron chi connectivity index (χ2n) is 4.77. The third-order valence-corrected chi connectivity index (χ3v) is 3.13. The van der Waals surface area contributed by atoms with Crippen LogP contribution in [0.25, 0.3) is 11.0 Å². The van der Waals surface area contributed by atoms with Gasteiger partial charge in [0.2, 0.25) is 0 Å². The number of hydrogen-bond acceptors (Lipinski definition) is 4. The van der Waals surface area contributed by atoms with Gasteiger partial charge in [-0.2, -0.15) is 18.3 Å². The van der Waals surface area contributed by atoms with Crippen molar-refractivity contribution in [2.24, 2.45) is 0 Å². The van der Waals surface area contributed by atoms with Crippen molar-refractivity contribution in [1.82, 2.24) is 15.2 Å². The van der Waals surface area contributed by atoms with Crippen LogP contribution in [0.15, 0.2) is 18.2 Å². The first-order chi connectivity index (χ1) is 11.2. The fourth-order valence-electron chi connectivity index (χ4n) is 2.03. The Morgan fingerprint density at radius 1 is 1.04 bits per heavy atom. The van der Waals surface area contributed by atoms with E-state index in [1.807, 2.05) is 0 Å². The normalized spacial score (nSPS) is 11.9. The molecule has 0 unspecified atom stereocenters. The van der Waals surface area contributed by atoms with Gasteiger partial charge in [-0.25, -0.2) is 18.2 Å². The molecule has 2 aromatic heterocycles. The largest absolute Gasteiger partial charge is 0.419 e. The third kappa shape index (κ3) is 2.68.